The number of halogens is 1. The zero-order valence-corrected chi connectivity index (χ0v) is 11.8. The van der Waals surface area contributed by atoms with Gasteiger partial charge in [-0.05, 0) is 49.6 Å². The van der Waals surface area contributed by atoms with Crippen LogP contribution in [0.2, 0.25) is 0 Å². The van der Waals surface area contributed by atoms with Crippen LogP contribution in [0, 0.1) is 5.82 Å². The van der Waals surface area contributed by atoms with Crippen LogP contribution >= 0.6 is 11.8 Å². The first-order valence-corrected chi connectivity index (χ1v) is 7.94. The Hall–Kier alpha value is -0.540. The van der Waals surface area contributed by atoms with Gasteiger partial charge in [-0.3, -0.25) is 0 Å². The van der Waals surface area contributed by atoms with Crippen LogP contribution < -0.4 is 5.32 Å². The topological polar surface area (TPSA) is 12.0 Å². The lowest BCUT2D eigenvalue weighted by Crippen LogP contribution is -2.39. The average molecular weight is 267 g/mol. The Kier molecular flexibility index (Phi) is 5.51. The summed E-state index contributed by atoms with van der Waals surface area (Å²) < 4.78 is 13.7. The smallest absolute Gasteiger partial charge is 0.126 e. The van der Waals surface area contributed by atoms with E-state index in [1.807, 2.05) is 23.9 Å². The number of rotatable bonds is 6. The van der Waals surface area contributed by atoms with E-state index in [4.69, 9.17) is 0 Å². The molecule has 100 valence electrons. The molecular formula is C15H22FNS. The average Bonchev–Trinajstić information content (AvgIpc) is 2.90. The van der Waals surface area contributed by atoms with Gasteiger partial charge in [0.15, 0.2) is 0 Å². The Balaban J connectivity index is 2.02. The first-order valence-electron chi connectivity index (χ1n) is 6.89. The molecule has 1 saturated heterocycles. The van der Waals surface area contributed by atoms with Crippen LogP contribution in [0.5, 0.6) is 0 Å². The highest BCUT2D eigenvalue weighted by molar-refractivity contribution is 8.00. The molecule has 0 spiro atoms. The molecule has 2 unspecified atom stereocenters. The highest BCUT2D eigenvalue weighted by atomic mass is 32.2. The van der Waals surface area contributed by atoms with Gasteiger partial charge in [0.1, 0.15) is 5.82 Å². The van der Waals surface area contributed by atoms with Crippen molar-refractivity contribution in [3.63, 3.8) is 0 Å². The SMILES string of the molecule is CCCNC(Cc1ccccc1F)C1CCCS1. The molecule has 3 heteroatoms. The van der Waals surface area contributed by atoms with Crippen molar-refractivity contribution in [2.75, 3.05) is 12.3 Å². The van der Waals surface area contributed by atoms with Crippen LogP contribution in [-0.2, 0) is 6.42 Å². The van der Waals surface area contributed by atoms with Crippen LogP contribution in [0.3, 0.4) is 0 Å². The Bertz CT molecular complexity index is 363. The molecule has 1 aliphatic heterocycles. The summed E-state index contributed by atoms with van der Waals surface area (Å²) in [5, 5.41) is 4.25. The van der Waals surface area contributed by atoms with E-state index in [1.165, 1.54) is 18.6 Å². The van der Waals surface area contributed by atoms with Gasteiger partial charge in [0.2, 0.25) is 0 Å². The standard InChI is InChI=1S/C15H22FNS/c1-2-9-17-14(15-8-5-10-18-15)11-12-6-3-4-7-13(12)16/h3-4,6-7,14-15,17H,2,5,8-11H2,1H3. The number of thioether (sulfide) groups is 1. The third kappa shape index (κ3) is 3.72. The summed E-state index contributed by atoms with van der Waals surface area (Å²) in [6.07, 6.45) is 4.51. The summed E-state index contributed by atoms with van der Waals surface area (Å²) >= 11 is 2.04. The van der Waals surface area contributed by atoms with E-state index in [9.17, 15) is 4.39 Å². The zero-order chi connectivity index (χ0) is 12.8. The second kappa shape index (κ2) is 7.15. The van der Waals surface area contributed by atoms with E-state index in [-0.39, 0.29) is 5.82 Å². The maximum Gasteiger partial charge on any atom is 0.126 e. The lowest BCUT2D eigenvalue weighted by atomic mass is 10.00. The summed E-state index contributed by atoms with van der Waals surface area (Å²) in [5.74, 6) is 1.19. The molecule has 0 amide bonds. The van der Waals surface area contributed by atoms with Gasteiger partial charge in [-0.15, -0.1) is 0 Å². The van der Waals surface area contributed by atoms with Crippen molar-refractivity contribution in [3.05, 3.63) is 35.6 Å². The summed E-state index contributed by atoms with van der Waals surface area (Å²) in [6, 6.07) is 7.58. The van der Waals surface area contributed by atoms with Crippen LogP contribution in [0.1, 0.15) is 31.7 Å². The molecule has 0 radical (unpaired) electrons. The van der Waals surface area contributed by atoms with E-state index in [1.54, 1.807) is 12.1 Å². The van der Waals surface area contributed by atoms with Crippen molar-refractivity contribution < 1.29 is 4.39 Å². The largest absolute Gasteiger partial charge is 0.313 e. The van der Waals surface area contributed by atoms with Crippen LogP contribution in [0.4, 0.5) is 4.39 Å². The van der Waals surface area contributed by atoms with Gasteiger partial charge in [0.05, 0.1) is 0 Å². The van der Waals surface area contributed by atoms with Gasteiger partial charge in [-0.25, -0.2) is 4.39 Å². The van der Waals surface area contributed by atoms with Gasteiger partial charge in [-0.1, -0.05) is 25.1 Å². The highest BCUT2D eigenvalue weighted by Gasteiger charge is 2.25. The normalized spacial score (nSPS) is 21.1. The minimum Gasteiger partial charge on any atom is -0.313 e. The third-order valence-electron chi connectivity index (χ3n) is 3.47. The number of benzene rings is 1. The molecule has 2 rings (SSSR count). The fourth-order valence-electron chi connectivity index (χ4n) is 2.49. The fourth-order valence-corrected chi connectivity index (χ4v) is 3.88. The molecule has 0 aliphatic carbocycles. The van der Waals surface area contributed by atoms with Crippen molar-refractivity contribution in [1.82, 2.24) is 5.32 Å². The second-order valence-electron chi connectivity index (χ2n) is 4.91. The van der Waals surface area contributed by atoms with E-state index < -0.39 is 0 Å². The van der Waals surface area contributed by atoms with Gasteiger partial charge in [0.25, 0.3) is 0 Å². The molecule has 2 atom stereocenters. The lowest BCUT2D eigenvalue weighted by molar-refractivity contribution is 0.472. The predicted octanol–water partition coefficient (Wildman–Crippen LogP) is 3.63. The van der Waals surface area contributed by atoms with Crippen molar-refractivity contribution in [3.8, 4) is 0 Å². The van der Waals surface area contributed by atoms with Gasteiger partial charge in [-0.2, -0.15) is 11.8 Å². The van der Waals surface area contributed by atoms with Crippen LogP contribution in [0.25, 0.3) is 0 Å². The number of nitrogens with one attached hydrogen (secondary N) is 1. The second-order valence-corrected chi connectivity index (χ2v) is 6.25. The molecule has 1 aromatic rings. The van der Waals surface area contributed by atoms with Crippen LogP contribution in [-0.4, -0.2) is 23.6 Å². The van der Waals surface area contributed by atoms with Crippen molar-refractivity contribution in [2.45, 2.75) is 43.9 Å². The van der Waals surface area contributed by atoms with E-state index in [0.717, 1.165) is 24.9 Å². The van der Waals surface area contributed by atoms with Gasteiger partial charge >= 0.3 is 0 Å². The molecular weight excluding hydrogens is 245 g/mol. The van der Waals surface area contributed by atoms with Crippen LogP contribution in [0.15, 0.2) is 24.3 Å². The van der Waals surface area contributed by atoms with E-state index >= 15 is 0 Å². The van der Waals surface area contributed by atoms with Crippen molar-refractivity contribution in [2.24, 2.45) is 0 Å². The maximum atomic E-state index is 13.7. The van der Waals surface area contributed by atoms with E-state index in [2.05, 4.69) is 12.2 Å². The van der Waals surface area contributed by atoms with E-state index in [0.29, 0.717) is 11.3 Å². The first kappa shape index (κ1) is 13.9. The Morgan fingerprint density at radius 3 is 2.94 bits per heavy atom. The fraction of sp³-hybridized carbons (Fsp3) is 0.600. The Morgan fingerprint density at radius 1 is 1.44 bits per heavy atom. The zero-order valence-electron chi connectivity index (χ0n) is 11.0. The molecule has 1 fully saturated rings. The molecule has 0 saturated carbocycles. The van der Waals surface area contributed by atoms with Crippen molar-refractivity contribution >= 4 is 11.8 Å². The summed E-state index contributed by atoms with van der Waals surface area (Å²) in [4.78, 5) is 0. The maximum absolute atomic E-state index is 13.7. The minimum atomic E-state index is -0.0659. The highest BCUT2D eigenvalue weighted by Crippen LogP contribution is 2.30. The summed E-state index contributed by atoms with van der Waals surface area (Å²) in [7, 11) is 0. The lowest BCUT2D eigenvalue weighted by Gasteiger charge is -2.24. The molecule has 1 aromatic carbocycles. The third-order valence-corrected chi connectivity index (χ3v) is 4.98. The molecule has 18 heavy (non-hydrogen) atoms. The summed E-state index contributed by atoms with van der Waals surface area (Å²) in [6.45, 7) is 3.20. The van der Waals surface area contributed by atoms with Gasteiger partial charge < -0.3 is 5.32 Å². The summed E-state index contributed by atoms with van der Waals surface area (Å²) in [5.41, 5.74) is 0.846. The predicted molar refractivity (Wildman–Crippen MR) is 77.7 cm³/mol. The number of hydrogen-bond acceptors (Lipinski definition) is 2. The molecule has 1 heterocycles. The quantitative estimate of drug-likeness (QED) is 0.844. The van der Waals surface area contributed by atoms with Gasteiger partial charge in [0, 0.05) is 11.3 Å². The monoisotopic (exact) mass is 267 g/mol. The Labute approximate surface area is 114 Å². The minimum absolute atomic E-state index is 0.0659. The molecule has 0 bridgehead atoms. The molecule has 0 aromatic heterocycles. The molecule has 1 aliphatic rings. The Morgan fingerprint density at radius 2 is 2.28 bits per heavy atom. The molecule has 1 N–H and O–H groups in total. The van der Waals surface area contributed by atoms with Crippen molar-refractivity contribution in [1.29, 1.82) is 0 Å². The first-order chi connectivity index (χ1) is 8.81. The number of hydrogen-bond donors (Lipinski definition) is 1. The molecule has 1 nitrogen and oxygen atoms in total.